The van der Waals surface area contributed by atoms with Gasteiger partial charge in [-0.05, 0) is 24.5 Å². The minimum atomic E-state index is -3.95. The SMILES string of the molecule is CC(=O)NCCCc1ccc(C(=O)COC(=O)c2cc(S(N)(=O)=O)cn2C)cc1. The summed E-state index contributed by atoms with van der Waals surface area (Å²) in [6.45, 7) is 1.57. The van der Waals surface area contributed by atoms with Gasteiger partial charge >= 0.3 is 5.97 Å². The highest BCUT2D eigenvalue weighted by molar-refractivity contribution is 7.89. The first-order valence-electron chi connectivity index (χ1n) is 8.81. The Bertz CT molecular complexity index is 1010. The molecule has 0 saturated heterocycles. The van der Waals surface area contributed by atoms with Crippen LogP contribution >= 0.6 is 0 Å². The molecule has 0 saturated carbocycles. The number of ketones is 1. The second-order valence-electron chi connectivity index (χ2n) is 6.50. The Balaban J connectivity index is 1.89. The lowest BCUT2D eigenvalue weighted by Crippen LogP contribution is -2.21. The van der Waals surface area contributed by atoms with E-state index in [-0.39, 0.29) is 22.3 Å². The molecule has 0 spiro atoms. The summed E-state index contributed by atoms with van der Waals surface area (Å²) in [7, 11) is -2.48. The molecule has 0 bridgehead atoms. The number of sulfonamides is 1. The topological polar surface area (TPSA) is 138 Å². The van der Waals surface area contributed by atoms with E-state index in [1.165, 1.54) is 24.7 Å². The third kappa shape index (κ3) is 6.54. The Morgan fingerprint density at radius 2 is 1.83 bits per heavy atom. The number of nitrogens with one attached hydrogen (secondary N) is 1. The molecule has 3 N–H and O–H groups in total. The van der Waals surface area contributed by atoms with Crippen molar-refractivity contribution in [3.8, 4) is 0 Å². The van der Waals surface area contributed by atoms with E-state index in [1.54, 1.807) is 24.3 Å². The highest BCUT2D eigenvalue weighted by atomic mass is 32.2. The Kier molecular flexibility index (Phi) is 7.29. The number of amides is 1. The number of rotatable bonds is 9. The van der Waals surface area contributed by atoms with Gasteiger partial charge in [0, 0.05) is 32.3 Å². The highest BCUT2D eigenvalue weighted by Crippen LogP contribution is 2.13. The molecule has 2 rings (SSSR count). The number of aryl methyl sites for hydroxylation is 2. The molecule has 29 heavy (non-hydrogen) atoms. The number of nitrogens with zero attached hydrogens (tertiary/aromatic N) is 1. The molecule has 0 aliphatic carbocycles. The van der Waals surface area contributed by atoms with Gasteiger partial charge in [-0.3, -0.25) is 9.59 Å². The maximum atomic E-state index is 12.2. The molecule has 1 heterocycles. The van der Waals surface area contributed by atoms with Crippen LogP contribution in [0.3, 0.4) is 0 Å². The van der Waals surface area contributed by atoms with Crippen molar-refractivity contribution in [3.63, 3.8) is 0 Å². The fourth-order valence-corrected chi connectivity index (χ4v) is 3.18. The number of hydrogen-bond acceptors (Lipinski definition) is 6. The van der Waals surface area contributed by atoms with E-state index < -0.39 is 22.6 Å². The summed E-state index contributed by atoms with van der Waals surface area (Å²) in [5.74, 6) is -1.29. The van der Waals surface area contributed by atoms with Crippen LogP contribution in [-0.4, -0.2) is 43.8 Å². The summed E-state index contributed by atoms with van der Waals surface area (Å²) < 4.78 is 29.0. The number of hydrogen-bond donors (Lipinski definition) is 2. The van der Waals surface area contributed by atoms with Crippen LogP contribution in [0.4, 0.5) is 0 Å². The Morgan fingerprint density at radius 1 is 1.17 bits per heavy atom. The third-order valence-corrected chi connectivity index (χ3v) is 5.02. The normalized spacial score (nSPS) is 11.1. The minimum absolute atomic E-state index is 0.0312. The van der Waals surface area contributed by atoms with Gasteiger partial charge in [0.15, 0.2) is 12.4 Å². The van der Waals surface area contributed by atoms with Crippen molar-refractivity contribution < 1.29 is 27.5 Å². The molecule has 0 fully saturated rings. The fraction of sp³-hybridized carbons (Fsp3) is 0.316. The van der Waals surface area contributed by atoms with Gasteiger partial charge in [-0.2, -0.15) is 0 Å². The van der Waals surface area contributed by atoms with Crippen molar-refractivity contribution in [1.29, 1.82) is 0 Å². The molecule has 2 aromatic rings. The van der Waals surface area contributed by atoms with Gasteiger partial charge in [-0.25, -0.2) is 18.4 Å². The third-order valence-electron chi connectivity index (χ3n) is 4.14. The average molecular weight is 421 g/mol. The van der Waals surface area contributed by atoms with Gasteiger partial charge in [0.2, 0.25) is 15.9 Å². The maximum absolute atomic E-state index is 12.2. The molecule has 0 radical (unpaired) electrons. The second kappa shape index (κ2) is 9.48. The minimum Gasteiger partial charge on any atom is -0.453 e. The largest absolute Gasteiger partial charge is 0.453 e. The van der Waals surface area contributed by atoms with Crippen LogP contribution in [0.15, 0.2) is 41.4 Å². The van der Waals surface area contributed by atoms with Crippen molar-refractivity contribution in [1.82, 2.24) is 9.88 Å². The smallest absolute Gasteiger partial charge is 0.355 e. The number of carbonyl (C=O) groups is 3. The van der Waals surface area contributed by atoms with Crippen molar-refractivity contribution in [2.45, 2.75) is 24.7 Å². The molecule has 9 nitrogen and oxygen atoms in total. The monoisotopic (exact) mass is 421 g/mol. The molecule has 1 aromatic carbocycles. The summed E-state index contributed by atoms with van der Waals surface area (Å²) in [4.78, 5) is 35.0. The van der Waals surface area contributed by atoms with Gasteiger partial charge in [-0.15, -0.1) is 0 Å². The van der Waals surface area contributed by atoms with Crippen LogP contribution in [0.2, 0.25) is 0 Å². The Labute approximate surface area is 168 Å². The van der Waals surface area contributed by atoms with Crippen LogP contribution in [-0.2, 0) is 33.0 Å². The van der Waals surface area contributed by atoms with E-state index in [2.05, 4.69) is 5.32 Å². The molecule has 1 aromatic heterocycles. The first-order valence-corrected chi connectivity index (χ1v) is 10.4. The quantitative estimate of drug-likeness (QED) is 0.349. The molecule has 0 aliphatic rings. The molecule has 156 valence electrons. The van der Waals surface area contributed by atoms with E-state index in [0.717, 1.165) is 24.5 Å². The number of benzene rings is 1. The predicted octanol–water partition coefficient (Wildman–Crippen LogP) is 0.781. The average Bonchev–Trinajstić information content (AvgIpc) is 3.05. The van der Waals surface area contributed by atoms with Crippen LogP contribution in [0.5, 0.6) is 0 Å². The van der Waals surface area contributed by atoms with E-state index >= 15 is 0 Å². The summed E-state index contributed by atoms with van der Waals surface area (Å²) in [5, 5.41) is 7.75. The van der Waals surface area contributed by atoms with Gasteiger partial charge < -0.3 is 14.6 Å². The molecule has 0 unspecified atom stereocenters. The number of aromatic nitrogens is 1. The highest BCUT2D eigenvalue weighted by Gasteiger charge is 2.19. The predicted molar refractivity (Wildman–Crippen MR) is 105 cm³/mol. The van der Waals surface area contributed by atoms with Gasteiger partial charge in [-0.1, -0.05) is 24.3 Å². The van der Waals surface area contributed by atoms with E-state index in [4.69, 9.17) is 9.88 Å². The van der Waals surface area contributed by atoms with Gasteiger partial charge in [0.1, 0.15) is 10.6 Å². The van der Waals surface area contributed by atoms with Crippen LogP contribution < -0.4 is 10.5 Å². The summed E-state index contributed by atoms with van der Waals surface area (Å²) in [6, 6.07) is 7.99. The molecule has 10 heteroatoms. The number of Topliss-reactive ketones (excluding diaryl/α,β-unsaturated/α-hetero) is 1. The molecule has 0 aliphatic heterocycles. The van der Waals surface area contributed by atoms with Crippen LogP contribution in [0, 0.1) is 0 Å². The second-order valence-corrected chi connectivity index (χ2v) is 8.06. The van der Waals surface area contributed by atoms with Gasteiger partial charge in [0.25, 0.3) is 0 Å². The number of esters is 1. The summed E-state index contributed by atoms with van der Waals surface area (Å²) in [6.07, 6.45) is 2.73. The maximum Gasteiger partial charge on any atom is 0.355 e. The van der Waals surface area contributed by atoms with E-state index in [9.17, 15) is 22.8 Å². The first-order chi connectivity index (χ1) is 13.6. The van der Waals surface area contributed by atoms with Crippen molar-refractivity contribution in [2.24, 2.45) is 12.2 Å². The standard InChI is InChI=1S/C19H23N3O6S/c1-13(23)21-9-3-4-14-5-7-15(8-6-14)18(24)12-28-19(25)17-10-16(11-22(17)2)29(20,26)27/h5-8,10-11H,3-4,9,12H2,1-2H3,(H,21,23)(H2,20,26,27). The van der Waals surface area contributed by atoms with Crippen LogP contribution in [0.25, 0.3) is 0 Å². The van der Waals surface area contributed by atoms with Crippen LogP contribution in [0.1, 0.15) is 39.8 Å². The zero-order valence-electron chi connectivity index (χ0n) is 16.2. The number of ether oxygens (including phenoxy) is 1. The summed E-state index contributed by atoms with van der Waals surface area (Å²) >= 11 is 0. The number of primary sulfonamides is 1. The van der Waals surface area contributed by atoms with Crippen molar-refractivity contribution in [2.75, 3.05) is 13.2 Å². The van der Waals surface area contributed by atoms with E-state index in [1.807, 2.05) is 0 Å². The Hall–Kier alpha value is -2.98. The first kappa shape index (κ1) is 22.3. The molecular weight excluding hydrogens is 398 g/mol. The Morgan fingerprint density at radius 3 is 2.38 bits per heavy atom. The lowest BCUT2D eigenvalue weighted by Gasteiger charge is -2.06. The van der Waals surface area contributed by atoms with Crippen molar-refractivity contribution >= 4 is 27.7 Å². The lowest BCUT2D eigenvalue weighted by molar-refractivity contribution is -0.118. The fourth-order valence-electron chi connectivity index (χ4n) is 2.60. The van der Waals surface area contributed by atoms with Crippen molar-refractivity contribution in [3.05, 3.63) is 53.3 Å². The zero-order valence-corrected chi connectivity index (χ0v) is 17.0. The number of carbonyl (C=O) groups excluding carboxylic acids is 3. The van der Waals surface area contributed by atoms with E-state index in [0.29, 0.717) is 12.1 Å². The molecule has 0 atom stereocenters. The molecule has 1 amide bonds. The van der Waals surface area contributed by atoms with Gasteiger partial charge in [0.05, 0.1) is 0 Å². The molecular formula is C19H23N3O6S. The summed E-state index contributed by atoms with van der Waals surface area (Å²) in [5.41, 5.74) is 1.38. The zero-order chi connectivity index (χ0) is 21.6. The lowest BCUT2D eigenvalue weighted by atomic mass is 10.1. The number of nitrogens with two attached hydrogens (primary N) is 1.